The lowest BCUT2D eigenvalue weighted by Gasteiger charge is -2.13. The molecule has 0 radical (unpaired) electrons. The first kappa shape index (κ1) is 11.2. The summed E-state index contributed by atoms with van der Waals surface area (Å²) >= 11 is 0. The van der Waals surface area contributed by atoms with Crippen molar-refractivity contribution in [2.45, 2.75) is 0 Å². The fourth-order valence-electron chi connectivity index (χ4n) is 2.68. The maximum absolute atomic E-state index is 12.4. The van der Waals surface area contributed by atoms with Crippen LogP contribution in [-0.4, -0.2) is 24.7 Å². The molecular weight excluding hydrogens is 254 g/mol. The van der Waals surface area contributed by atoms with E-state index in [0.717, 1.165) is 13.1 Å². The summed E-state index contributed by atoms with van der Waals surface area (Å²) in [6.45, 7) is 1.48. The third-order valence-electron chi connectivity index (χ3n) is 3.72. The zero-order valence-corrected chi connectivity index (χ0v) is 10.6. The van der Waals surface area contributed by atoms with E-state index < -0.39 is 0 Å². The first-order valence-corrected chi connectivity index (χ1v) is 6.48. The molecule has 0 spiro atoms. The van der Waals surface area contributed by atoms with Crippen LogP contribution < -0.4 is 4.90 Å². The monoisotopic (exact) mass is 265 g/mol. The zero-order chi connectivity index (χ0) is 13.7. The van der Waals surface area contributed by atoms with Gasteiger partial charge in [0.1, 0.15) is 0 Å². The second kappa shape index (κ2) is 3.93. The highest BCUT2D eigenvalue weighted by molar-refractivity contribution is 6.27. The molecule has 20 heavy (non-hydrogen) atoms. The maximum atomic E-state index is 12.4. The van der Waals surface area contributed by atoms with Crippen molar-refractivity contribution in [3.8, 4) is 0 Å². The highest BCUT2D eigenvalue weighted by atomic mass is 16.4. The second-order valence-electron chi connectivity index (χ2n) is 4.91. The van der Waals surface area contributed by atoms with Crippen LogP contribution in [0.3, 0.4) is 0 Å². The molecule has 0 atom stereocenters. The van der Waals surface area contributed by atoms with Gasteiger partial charge in [-0.25, -0.2) is 0 Å². The molecular formula is C16H11NO3. The molecule has 1 aromatic carbocycles. The number of carbonyl (C=O) groups is 2. The average Bonchev–Trinajstić information content (AvgIpc) is 3.13. The van der Waals surface area contributed by atoms with Crippen LogP contribution in [0.5, 0.6) is 0 Å². The number of hydrogen-bond acceptors (Lipinski definition) is 4. The van der Waals surface area contributed by atoms with E-state index >= 15 is 0 Å². The minimum Gasteiger partial charge on any atom is -0.436 e. The Labute approximate surface area is 115 Å². The van der Waals surface area contributed by atoms with Gasteiger partial charge in [-0.1, -0.05) is 36.4 Å². The Kier molecular flexibility index (Phi) is 2.21. The Morgan fingerprint density at radius 1 is 0.900 bits per heavy atom. The van der Waals surface area contributed by atoms with E-state index in [2.05, 4.69) is 0 Å². The second-order valence-corrected chi connectivity index (χ2v) is 4.91. The lowest BCUT2D eigenvalue weighted by Crippen LogP contribution is -2.18. The van der Waals surface area contributed by atoms with Crippen LogP contribution in [0.2, 0.25) is 0 Å². The molecule has 0 amide bonds. The molecule has 0 saturated heterocycles. The minimum atomic E-state index is -0.214. The number of ketones is 2. The number of carbonyl (C=O) groups excluding carboxylic acids is 2. The number of fused-ring (bicyclic) bond motifs is 2. The normalized spacial score (nSPS) is 16.5. The van der Waals surface area contributed by atoms with E-state index in [1.165, 1.54) is 0 Å². The predicted molar refractivity (Wildman–Crippen MR) is 73.4 cm³/mol. The third kappa shape index (κ3) is 1.42. The van der Waals surface area contributed by atoms with Gasteiger partial charge in [0.05, 0.1) is 5.56 Å². The van der Waals surface area contributed by atoms with Crippen LogP contribution in [-0.2, 0) is 0 Å². The smallest absolute Gasteiger partial charge is 0.229 e. The van der Waals surface area contributed by atoms with E-state index in [9.17, 15) is 9.59 Å². The van der Waals surface area contributed by atoms with Gasteiger partial charge in [0.25, 0.3) is 0 Å². The summed E-state index contributed by atoms with van der Waals surface area (Å²) in [5, 5.41) is 0. The maximum Gasteiger partial charge on any atom is 0.229 e. The summed E-state index contributed by atoms with van der Waals surface area (Å²) in [5.74, 6) is 0.385. The highest BCUT2D eigenvalue weighted by Gasteiger charge is 2.34. The summed E-state index contributed by atoms with van der Waals surface area (Å²) in [7, 11) is 0. The molecule has 0 bridgehead atoms. The lowest BCUT2D eigenvalue weighted by atomic mass is 9.89. The first-order chi connectivity index (χ1) is 9.75. The zero-order valence-electron chi connectivity index (χ0n) is 10.6. The van der Waals surface area contributed by atoms with E-state index in [1.807, 2.05) is 17.1 Å². The molecule has 1 aliphatic carbocycles. The Morgan fingerprint density at radius 3 is 2.25 bits per heavy atom. The van der Waals surface area contributed by atoms with Crippen LogP contribution in [0, 0.1) is 0 Å². The lowest BCUT2D eigenvalue weighted by molar-refractivity contribution is 0.0961. The summed E-state index contributed by atoms with van der Waals surface area (Å²) < 4.78 is 5.65. The summed E-state index contributed by atoms with van der Waals surface area (Å²) in [6.07, 6.45) is 4.06. The third-order valence-corrected chi connectivity index (χ3v) is 3.72. The van der Waals surface area contributed by atoms with Gasteiger partial charge in [-0.3, -0.25) is 9.59 Å². The molecule has 1 aliphatic heterocycles. The molecule has 2 aliphatic rings. The Balaban J connectivity index is 1.85. The fraction of sp³-hybridized carbons (Fsp3) is 0.125. The molecule has 2 aromatic rings. The van der Waals surface area contributed by atoms with Crippen LogP contribution in [0.25, 0.3) is 0 Å². The Morgan fingerprint density at radius 2 is 1.55 bits per heavy atom. The van der Waals surface area contributed by atoms with Gasteiger partial charge in [-0.05, 0) is 0 Å². The van der Waals surface area contributed by atoms with E-state index in [1.54, 1.807) is 30.3 Å². The van der Waals surface area contributed by atoms with Crippen LogP contribution in [0.15, 0.2) is 46.9 Å². The van der Waals surface area contributed by atoms with Crippen molar-refractivity contribution < 1.29 is 14.0 Å². The molecule has 1 aromatic heterocycles. The van der Waals surface area contributed by atoms with Crippen molar-refractivity contribution in [1.82, 2.24) is 0 Å². The molecule has 2 heterocycles. The number of nitrogens with zero attached hydrogens (tertiary/aromatic N) is 1. The number of hydrogen-bond donors (Lipinski definition) is 0. The van der Waals surface area contributed by atoms with Gasteiger partial charge in [0, 0.05) is 30.3 Å². The quantitative estimate of drug-likeness (QED) is 0.634. The summed E-state index contributed by atoms with van der Waals surface area (Å²) in [5.41, 5.74) is 1.25. The van der Waals surface area contributed by atoms with Crippen molar-refractivity contribution in [2.24, 2.45) is 0 Å². The highest BCUT2D eigenvalue weighted by Crippen LogP contribution is 2.33. The van der Waals surface area contributed by atoms with E-state index in [-0.39, 0.29) is 17.3 Å². The van der Waals surface area contributed by atoms with Gasteiger partial charge < -0.3 is 9.32 Å². The molecule has 98 valence electrons. The van der Waals surface area contributed by atoms with Gasteiger partial charge in [-0.2, -0.15) is 0 Å². The average molecular weight is 265 g/mol. The Hall–Kier alpha value is -2.62. The molecule has 4 rings (SSSR count). The largest absolute Gasteiger partial charge is 0.436 e. The van der Waals surface area contributed by atoms with Crippen molar-refractivity contribution in [3.63, 3.8) is 0 Å². The topological polar surface area (TPSA) is 50.5 Å². The minimum absolute atomic E-state index is 0.141. The molecule has 0 unspecified atom stereocenters. The van der Waals surface area contributed by atoms with Crippen LogP contribution in [0.4, 0.5) is 5.88 Å². The molecule has 0 N–H and O–H groups in total. The van der Waals surface area contributed by atoms with Crippen LogP contribution in [0.1, 0.15) is 32.0 Å². The predicted octanol–water partition coefficient (Wildman–Crippen LogP) is 2.43. The van der Waals surface area contributed by atoms with E-state index in [4.69, 9.17) is 4.42 Å². The summed E-state index contributed by atoms with van der Waals surface area (Å²) in [6, 6.07) is 8.54. The van der Waals surface area contributed by atoms with Gasteiger partial charge >= 0.3 is 0 Å². The van der Waals surface area contributed by atoms with Crippen molar-refractivity contribution in [1.29, 1.82) is 0 Å². The van der Waals surface area contributed by atoms with Crippen molar-refractivity contribution >= 4 is 17.5 Å². The molecule has 4 heteroatoms. The molecule has 4 nitrogen and oxygen atoms in total. The summed E-state index contributed by atoms with van der Waals surface area (Å²) in [4.78, 5) is 26.8. The van der Waals surface area contributed by atoms with Gasteiger partial charge in [0.15, 0.2) is 17.4 Å². The fourth-order valence-corrected chi connectivity index (χ4v) is 2.68. The van der Waals surface area contributed by atoms with Gasteiger partial charge in [0.2, 0.25) is 5.78 Å². The molecule has 0 saturated carbocycles. The first-order valence-electron chi connectivity index (χ1n) is 6.48. The standard InChI is InChI=1S/C16H11NO3/c18-14-10-5-1-2-6-11(10)15(19)16-12(14)9-13(20-16)17-7-3-4-8-17/h1-6,9H,7-8H2. The Bertz CT molecular complexity index is 709. The van der Waals surface area contributed by atoms with Crippen molar-refractivity contribution in [3.05, 3.63) is 64.9 Å². The molecule has 0 fully saturated rings. The number of furan rings is 1. The van der Waals surface area contributed by atoms with Gasteiger partial charge in [-0.15, -0.1) is 0 Å². The number of anilines is 1. The number of rotatable bonds is 1. The van der Waals surface area contributed by atoms with Crippen molar-refractivity contribution in [2.75, 3.05) is 18.0 Å². The van der Waals surface area contributed by atoms with Crippen LogP contribution >= 0.6 is 0 Å². The van der Waals surface area contributed by atoms with E-state index in [0.29, 0.717) is 22.6 Å². The SMILES string of the molecule is O=C1c2ccccc2C(=O)c2oc(N3CC=CC3)cc21. The number of benzene rings is 1.